The van der Waals surface area contributed by atoms with E-state index in [0.717, 1.165) is 5.56 Å². The number of carbonyl (C=O) groups is 3. The Kier molecular flexibility index (Phi) is 4.80. The lowest BCUT2D eigenvalue weighted by Gasteiger charge is -2.30. The number of nitrogens with one attached hydrogen (secondary N) is 2. The molecule has 2 saturated heterocycles. The van der Waals surface area contributed by atoms with Crippen LogP contribution in [0.2, 0.25) is 5.02 Å². The van der Waals surface area contributed by atoms with E-state index < -0.39 is 17.4 Å². The van der Waals surface area contributed by atoms with Crippen LogP contribution < -0.4 is 15.4 Å². The molecule has 7 nitrogen and oxygen atoms in total. The maximum atomic E-state index is 13.7. The molecule has 0 unspecified atom stereocenters. The van der Waals surface area contributed by atoms with E-state index in [2.05, 4.69) is 10.6 Å². The Morgan fingerprint density at radius 2 is 1.81 bits per heavy atom. The lowest BCUT2D eigenvalue weighted by Crippen LogP contribution is -2.53. The molecule has 2 N–H and O–H groups in total. The van der Waals surface area contributed by atoms with E-state index in [9.17, 15) is 14.4 Å². The van der Waals surface area contributed by atoms with Crippen molar-refractivity contribution in [1.82, 2.24) is 10.2 Å². The molecule has 0 saturated carbocycles. The number of amides is 3. The van der Waals surface area contributed by atoms with Crippen LogP contribution in [0.25, 0.3) is 0 Å². The minimum Gasteiger partial charge on any atom is -0.497 e. The fourth-order valence-corrected chi connectivity index (χ4v) is 5.65. The molecule has 2 aromatic rings. The van der Waals surface area contributed by atoms with Crippen LogP contribution in [0.4, 0.5) is 5.69 Å². The minimum atomic E-state index is -1.32. The van der Waals surface area contributed by atoms with Crippen LogP contribution in [0.15, 0.2) is 42.5 Å². The van der Waals surface area contributed by atoms with E-state index in [-0.39, 0.29) is 36.2 Å². The number of benzene rings is 2. The number of halogens is 1. The summed E-state index contributed by atoms with van der Waals surface area (Å²) in [4.78, 5) is 41.9. The summed E-state index contributed by atoms with van der Waals surface area (Å²) in [6.45, 7) is 4.13. The topological polar surface area (TPSA) is 87.7 Å². The quantitative estimate of drug-likeness (QED) is 0.695. The molecular formula is C24H24ClN3O4. The molecule has 0 bridgehead atoms. The fraction of sp³-hybridized carbons (Fsp3) is 0.375. The van der Waals surface area contributed by atoms with Gasteiger partial charge in [-0.15, -0.1) is 0 Å². The molecule has 3 aliphatic heterocycles. The summed E-state index contributed by atoms with van der Waals surface area (Å²) in [6, 6.07) is 12.2. The summed E-state index contributed by atoms with van der Waals surface area (Å²) in [7, 11) is 1.58. The van der Waals surface area contributed by atoms with Gasteiger partial charge in [0.15, 0.2) is 0 Å². The van der Waals surface area contributed by atoms with Crippen LogP contribution in [-0.4, -0.2) is 35.8 Å². The predicted molar refractivity (Wildman–Crippen MR) is 119 cm³/mol. The molecule has 4 atom stereocenters. The maximum Gasteiger partial charge on any atom is 0.250 e. The number of likely N-dealkylation sites (tertiary alicyclic amines) is 1. The summed E-state index contributed by atoms with van der Waals surface area (Å²) in [5, 5.41) is 6.67. The molecule has 3 amide bonds. The Labute approximate surface area is 191 Å². The van der Waals surface area contributed by atoms with E-state index in [1.165, 1.54) is 4.90 Å². The van der Waals surface area contributed by atoms with Crippen molar-refractivity contribution in [3.8, 4) is 5.75 Å². The van der Waals surface area contributed by atoms with Crippen LogP contribution >= 0.6 is 11.6 Å². The second-order valence-corrected chi connectivity index (χ2v) is 9.36. The van der Waals surface area contributed by atoms with E-state index in [1.54, 1.807) is 37.4 Å². The number of nitrogens with zero attached hydrogens (tertiary/aromatic N) is 1. The third-order valence-electron chi connectivity index (χ3n) is 6.94. The highest BCUT2D eigenvalue weighted by Gasteiger charge is 2.70. The molecule has 3 heterocycles. The Balaban J connectivity index is 1.58. The standard InChI is InChI=1S/C24H24ClN3O4/c1-12(2)19-17-18(24(27-19)15-5-4-6-16(25)20(15)26-23(24)31)22(30)28(21(17)29)11-13-7-9-14(32-3)10-8-13/h4-10,12,17-19,27H,11H2,1-3H3,(H,26,31)/t17-,18+,19-,24-/m1/s1. The van der Waals surface area contributed by atoms with E-state index in [1.807, 2.05) is 26.0 Å². The first kappa shape index (κ1) is 21.0. The van der Waals surface area contributed by atoms with Gasteiger partial charge in [-0.25, -0.2) is 0 Å². The molecule has 1 spiro atoms. The summed E-state index contributed by atoms with van der Waals surface area (Å²) in [5.41, 5.74) is 0.625. The van der Waals surface area contributed by atoms with Gasteiger partial charge in [0.1, 0.15) is 11.3 Å². The number of methoxy groups -OCH3 is 1. The third-order valence-corrected chi connectivity index (χ3v) is 7.26. The van der Waals surface area contributed by atoms with Crippen LogP contribution in [0.5, 0.6) is 5.75 Å². The second-order valence-electron chi connectivity index (χ2n) is 8.95. The van der Waals surface area contributed by atoms with Crippen molar-refractivity contribution in [3.63, 3.8) is 0 Å². The summed E-state index contributed by atoms with van der Waals surface area (Å²) in [6.07, 6.45) is 0. The van der Waals surface area contributed by atoms with Gasteiger partial charge in [0.2, 0.25) is 17.7 Å². The zero-order valence-corrected chi connectivity index (χ0v) is 18.8. The van der Waals surface area contributed by atoms with E-state index >= 15 is 0 Å². The number of hydrogen-bond acceptors (Lipinski definition) is 5. The molecule has 8 heteroatoms. The molecule has 3 aliphatic rings. The van der Waals surface area contributed by atoms with Crippen LogP contribution in [-0.2, 0) is 26.5 Å². The molecule has 2 fully saturated rings. The van der Waals surface area contributed by atoms with Crippen molar-refractivity contribution in [1.29, 1.82) is 0 Å². The van der Waals surface area contributed by atoms with Gasteiger partial charge in [-0.1, -0.05) is 49.7 Å². The van der Waals surface area contributed by atoms with Gasteiger partial charge in [-0.2, -0.15) is 0 Å². The summed E-state index contributed by atoms with van der Waals surface area (Å²) < 4.78 is 5.19. The molecule has 32 heavy (non-hydrogen) atoms. The Morgan fingerprint density at radius 3 is 2.47 bits per heavy atom. The largest absolute Gasteiger partial charge is 0.497 e. The van der Waals surface area contributed by atoms with Crippen molar-refractivity contribution >= 4 is 35.0 Å². The molecular weight excluding hydrogens is 430 g/mol. The van der Waals surface area contributed by atoms with Gasteiger partial charge in [-0.05, 0) is 29.7 Å². The molecule has 166 valence electrons. The lowest BCUT2D eigenvalue weighted by molar-refractivity contribution is -0.143. The number of anilines is 1. The zero-order valence-electron chi connectivity index (χ0n) is 18.0. The molecule has 5 rings (SSSR count). The molecule has 0 radical (unpaired) electrons. The number of imide groups is 1. The highest BCUT2D eigenvalue weighted by Crippen LogP contribution is 2.55. The average Bonchev–Trinajstić information content (AvgIpc) is 3.36. The first-order valence-electron chi connectivity index (χ1n) is 10.7. The van der Waals surface area contributed by atoms with E-state index in [0.29, 0.717) is 22.0 Å². The van der Waals surface area contributed by atoms with E-state index in [4.69, 9.17) is 16.3 Å². The highest BCUT2D eigenvalue weighted by molar-refractivity contribution is 6.35. The molecule has 0 aromatic heterocycles. The predicted octanol–water partition coefficient (Wildman–Crippen LogP) is 2.93. The number of hydrogen-bond donors (Lipinski definition) is 2. The molecule has 0 aliphatic carbocycles. The van der Waals surface area contributed by atoms with Gasteiger partial charge < -0.3 is 10.1 Å². The summed E-state index contributed by atoms with van der Waals surface area (Å²) >= 11 is 6.35. The Bertz CT molecular complexity index is 1130. The minimum absolute atomic E-state index is 0.0376. The SMILES string of the molecule is COc1ccc(CN2C(=O)[C@H]3[C@@H](C(C)C)N[C@@]4(C(=O)Nc5c(Cl)cccc54)[C@@H]3C2=O)cc1. The van der Waals surface area contributed by atoms with Crippen LogP contribution in [0.1, 0.15) is 25.0 Å². The van der Waals surface area contributed by atoms with Gasteiger partial charge in [0, 0.05) is 11.6 Å². The molecule has 2 aromatic carbocycles. The van der Waals surface area contributed by atoms with Gasteiger partial charge in [0.05, 0.1) is 36.2 Å². The maximum absolute atomic E-state index is 13.7. The Morgan fingerprint density at radius 1 is 1.09 bits per heavy atom. The smallest absolute Gasteiger partial charge is 0.250 e. The van der Waals surface area contributed by atoms with Crippen molar-refractivity contribution in [2.45, 2.75) is 32.0 Å². The first-order chi connectivity index (χ1) is 15.3. The number of fused-ring (bicyclic) bond motifs is 4. The second kappa shape index (κ2) is 7.32. The third kappa shape index (κ3) is 2.74. The van der Waals surface area contributed by atoms with Gasteiger partial charge >= 0.3 is 0 Å². The van der Waals surface area contributed by atoms with Gasteiger partial charge in [-0.3, -0.25) is 24.6 Å². The number of carbonyl (C=O) groups excluding carboxylic acids is 3. The van der Waals surface area contributed by atoms with Gasteiger partial charge in [0.25, 0.3) is 0 Å². The number of rotatable bonds is 4. The van der Waals surface area contributed by atoms with Crippen LogP contribution in [0, 0.1) is 17.8 Å². The normalized spacial score (nSPS) is 28.5. The monoisotopic (exact) mass is 453 g/mol. The summed E-state index contributed by atoms with van der Waals surface area (Å²) in [5.74, 6) is -1.65. The van der Waals surface area contributed by atoms with Crippen LogP contribution in [0.3, 0.4) is 0 Å². The zero-order chi connectivity index (χ0) is 22.8. The van der Waals surface area contributed by atoms with Crippen molar-refractivity contribution in [3.05, 3.63) is 58.6 Å². The first-order valence-corrected chi connectivity index (χ1v) is 11.0. The van der Waals surface area contributed by atoms with Crippen molar-refractivity contribution in [2.24, 2.45) is 17.8 Å². The number of para-hydroxylation sites is 1. The van der Waals surface area contributed by atoms with Crippen molar-refractivity contribution in [2.75, 3.05) is 12.4 Å². The lowest BCUT2D eigenvalue weighted by atomic mass is 9.76. The van der Waals surface area contributed by atoms with Crippen molar-refractivity contribution < 1.29 is 19.1 Å². The Hall–Kier alpha value is -2.90. The highest BCUT2D eigenvalue weighted by atomic mass is 35.5. The number of ether oxygens (including phenoxy) is 1. The fourth-order valence-electron chi connectivity index (χ4n) is 5.43. The average molecular weight is 454 g/mol.